The van der Waals surface area contributed by atoms with Crippen molar-refractivity contribution in [1.82, 2.24) is 4.98 Å². The zero-order chi connectivity index (χ0) is 17.6. The quantitative estimate of drug-likeness (QED) is 0.754. The number of aliphatic hydroxyl groups is 1. The summed E-state index contributed by atoms with van der Waals surface area (Å²) in [6.45, 7) is 0. The Labute approximate surface area is 144 Å². The summed E-state index contributed by atoms with van der Waals surface area (Å²) in [5.41, 5.74) is 2.18. The van der Waals surface area contributed by atoms with Crippen molar-refractivity contribution in [3.8, 4) is 0 Å². The number of fused-ring (bicyclic) bond motifs is 2. The van der Waals surface area contributed by atoms with Gasteiger partial charge in [0.2, 0.25) is 0 Å². The van der Waals surface area contributed by atoms with E-state index in [1.54, 1.807) is 18.2 Å². The van der Waals surface area contributed by atoms with Crippen LogP contribution >= 0.6 is 0 Å². The third-order valence-electron chi connectivity index (χ3n) is 4.38. The fourth-order valence-electron chi connectivity index (χ4n) is 3.27. The highest BCUT2D eigenvalue weighted by atomic mass is 32.2. The lowest BCUT2D eigenvalue weighted by Crippen LogP contribution is -2.15. The molecule has 1 aromatic heterocycles. The van der Waals surface area contributed by atoms with E-state index in [1.807, 2.05) is 6.07 Å². The largest absolute Gasteiger partial charge is 0.392 e. The van der Waals surface area contributed by atoms with E-state index in [9.17, 15) is 17.9 Å². The molecule has 1 aliphatic rings. The van der Waals surface area contributed by atoms with Gasteiger partial charge in [-0.2, -0.15) is 0 Å². The molecule has 0 saturated carbocycles. The van der Waals surface area contributed by atoms with Crippen molar-refractivity contribution in [3.05, 3.63) is 65.6 Å². The SMILES string of the molecule is O=S(=O)(Nc1cccc2c1CC(O)C2)c1ccc(F)c2ncccc12. The minimum atomic E-state index is -3.93. The molecule has 0 saturated heterocycles. The van der Waals surface area contributed by atoms with Gasteiger partial charge in [0.15, 0.2) is 0 Å². The lowest BCUT2D eigenvalue weighted by molar-refractivity contribution is 0.187. The number of halogens is 1. The smallest absolute Gasteiger partial charge is 0.262 e. The number of aromatic nitrogens is 1. The van der Waals surface area contributed by atoms with Gasteiger partial charge in [-0.25, -0.2) is 12.8 Å². The van der Waals surface area contributed by atoms with E-state index in [0.29, 0.717) is 18.5 Å². The lowest BCUT2D eigenvalue weighted by Gasteiger charge is -2.13. The second-order valence-electron chi connectivity index (χ2n) is 6.06. The van der Waals surface area contributed by atoms with Gasteiger partial charge in [-0.3, -0.25) is 9.71 Å². The van der Waals surface area contributed by atoms with Crippen molar-refractivity contribution in [3.63, 3.8) is 0 Å². The van der Waals surface area contributed by atoms with Gasteiger partial charge in [-0.05, 0) is 47.9 Å². The molecule has 2 aromatic carbocycles. The van der Waals surface area contributed by atoms with Crippen molar-refractivity contribution in [2.45, 2.75) is 23.8 Å². The summed E-state index contributed by atoms with van der Waals surface area (Å²) in [5, 5.41) is 10.1. The second kappa shape index (κ2) is 5.79. The van der Waals surface area contributed by atoms with Crippen molar-refractivity contribution >= 4 is 26.6 Å². The predicted molar refractivity (Wildman–Crippen MR) is 92.4 cm³/mol. The molecule has 0 spiro atoms. The van der Waals surface area contributed by atoms with Crippen LogP contribution in [0, 0.1) is 5.82 Å². The summed E-state index contributed by atoms with van der Waals surface area (Å²) in [5.74, 6) is -0.571. The number of pyridine rings is 1. The number of hydrogen-bond acceptors (Lipinski definition) is 4. The van der Waals surface area contributed by atoms with E-state index in [4.69, 9.17) is 0 Å². The highest BCUT2D eigenvalue weighted by molar-refractivity contribution is 7.93. The van der Waals surface area contributed by atoms with E-state index in [0.717, 1.165) is 17.2 Å². The number of nitrogens with one attached hydrogen (secondary N) is 1. The molecule has 4 rings (SSSR count). The minimum Gasteiger partial charge on any atom is -0.392 e. The van der Waals surface area contributed by atoms with Crippen LogP contribution in [0.1, 0.15) is 11.1 Å². The van der Waals surface area contributed by atoms with Crippen LogP contribution < -0.4 is 4.72 Å². The zero-order valence-electron chi connectivity index (χ0n) is 13.1. The van der Waals surface area contributed by atoms with Crippen LogP contribution in [0.25, 0.3) is 10.9 Å². The van der Waals surface area contributed by atoms with E-state index in [-0.39, 0.29) is 15.8 Å². The maximum absolute atomic E-state index is 13.9. The van der Waals surface area contributed by atoms with E-state index in [1.165, 1.54) is 18.3 Å². The number of aliphatic hydroxyl groups excluding tert-OH is 1. The predicted octanol–water partition coefficient (Wildman–Crippen LogP) is 2.63. The lowest BCUT2D eigenvalue weighted by atomic mass is 10.1. The Bertz CT molecular complexity index is 1080. The molecule has 128 valence electrons. The molecule has 0 bridgehead atoms. The third-order valence-corrected chi connectivity index (χ3v) is 5.81. The van der Waals surface area contributed by atoms with Crippen molar-refractivity contribution in [2.24, 2.45) is 0 Å². The number of sulfonamides is 1. The first-order chi connectivity index (χ1) is 12.0. The molecule has 1 unspecified atom stereocenters. The zero-order valence-corrected chi connectivity index (χ0v) is 13.9. The van der Waals surface area contributed by atoms with Crippen LogP contribution in [0.2, 0.25) is 0 Å². The molecule has 1 atom stereocenters. The molecule has 2 N–H and O–H groups in total. The number of hydrogen-bond donors (Lipinski definition) is 2. The average Bonchev–Trinajstić information content (AvgIpc) is 2.96. The summed E-state index contributed by atoms with van der Waals surface area (Å²) in [7, 11) is -3.93. The maximum atomic E-state index is 13.9. The fourth-order valence-corrected chi connectivity index (χ4v) is 4.56. The van der Waals surface area contributed by atoms with Gasteiger partial charge in [0.1, 0.15) is 11.3 Å². The van der Waals surface area contributed by atoms with Crippen molar-refractivity contribution in [1.29, 1.82) is 0 Å². The van der Waals surface area contributed by atoms with Crippen molar-refractivity contribution in [2.75, 3.05) is 4.72 Å². The maximum Gasteiger partial charge on any atom is 0.262 e. The molecular weight excluding hydrogens is 343 g/mol. The van der Waals surface area contributed by atoms with Gasteiger partial charge in [0, 0.05) is 18.0 Å². The van der Waals surface area contributed by atoms with E-state index in [2.05, 4.69) is 9.71 Å². The number of nitrogens with zero attached hydrogens (tertiary/aromatic N) is 1. The van der Waals surface area contributed by atoms with Gasteiger partial charge in [-0.1, -0.05) is 12.1 Å². The Balaban J connectivity index is 1.80. The van der Waals surface area contributed by atoms with Crippen LogP contribution in [0.5, 0.6) is 0 Å². The molecule has 1 aliphatic carbocycles. The molecule has 0 amide bonds. The summed E-state index contributed by atoms with van der Waals surface area (Å²) >= 11 is 0. The molecule has 0 aliphatic heterocycles. The van der Waals surface area contributed by atoms with E-state index < -0.39 is 21.9 Å². The van der Waals surface area contributed by atoms with E-state index >= 15 is 0 Å². The first kappa shape index (κ1) is 16.0. The molecule has 7 heteroatoms. The Morgan fingerprint density at radius 3 is 2.80 bits per heavy atom. The highest BCUT2D eigenvalue weighted by Crippen LogP contribution is 2.32. The summed E-state index contributed by atoms with van der Waals surface area (Å²) < 4.78 is 42.2. The first-order valence-corrected chi connectivity index (χ1v) is 9.29. The standard InChI is InChI=1S/C18H15FN2O3S/c19-15-6-7-17(13-4-2-8-20-18(13)15)25(23,24)21-16-5-1-3-11-9-12(22)10-14(11)16/h1-8,12,21-22H,9-10H2. The third kappa shape index (κ3) is 2.75. The second-order valence-corrected chi connectivity index (χ2v) is 7.71. The Morgan fingerprint density at radius 2 is 1.96 bits per heavy atom. The summed E-state index contributed by atoms with van der Waals surface area (Å²) in [6.07, 6.45) is 1.82. The molecule has 3 aromatic rings. The van der Waals surface area contributed by atoms with Gasteiger partial charge >= 0.3 is 0 Å². The molecule has 0 fully saturated rings. The van der Waals surface area contributed by atoms with Crippen LogP contribution in [0.4, 0.5) is 10.1 Å². The van der Waals surface area contributed by atoms with Gasteiger partial charge in [0.05, 0.1) is 16.7 Å². The summed E-state index contributed by atoms with van der Waals surface area (Å²) in [6, 6.07) is 10.7. The highest BCUT2D eigenvalue weighted by Gasteiger charge is 2.25. The van der Waals surface area contributed by atoms with Gasteiger partial charge < -0.3 is 5.11 Å². The average molecular weight is 358 g/mol. The Morgan fingerprint density at radius 1 is 1.12 bits per heavy atom. The van der Waals surface area contributed by atoms with Gasteiger partial charge in [0.25, 0.3) is 10.0 Å². The minimum absolute atomic E-state index is 0.0130. The molecule has 0 radical (unpaired) electrons. The molecular formula is C18H15FN2O3S. The Hall–Kier alpha value is -2.51. The number of benzene rings is 2. The van der Waals surface area contributed by atoms with Crippen LogP contribution in [-0.2, 0) is 22.9 Å². The van der Waals surface area contributed by atoms with Crippen LogP contribution in [-0.4, -0.2) is 24.6 Å². The fraction of sp³-hybridized carbons (Fsp3) is 0.167. The topological polar surface area (TPSA) is 79.3 Å². The molecule has 1 heterocycles. The van der Waals surface area contributed by atoms with Crippen molar-refractivity contribution < 1.29 is 17.9 Å². The van der Waals surface area contributed by atoms with Gasteiger partial charge in [-0.15, -0.1) is 0 Å². The Kier molecular flexibility index (Phi) is 3.70. The van der Waals surface area contributed by atoms with Crippen LogP contribution in [0.3, 0.4) is 0 Å². The molecule has 5 nitrogen and oxygen atoms in total. The normalized spacial score (nSPS) is 16.8. The molecule has 25 heavy (non-hydrogen) atoms. The first-order valence-electron chi connectivity index (χ1n) is 7.80. The number of anilines is 1. The van der Waals surface area contributed by atoms with Crippen LogP contribution in [0.15, 0.2) is 53.6 Å². The number of rotatable bonds is 3. The summed E-state index contributed by atoms with van der Waals surface area (Å²) in [4.78, 5) is 3.90. The monoisotopic (exact) mass is 358 g/mol.